The van der Waals surface area contributed by atoms with Crippen molar-refractivity contribution in [3.05, 3.63) is 60.8 Å². The summed E-state index contributed by atoms with van der Waals surface area (Å²) in [7, 11) is 1.19. The predicted molar refractivity (Wildman–Crippen MR) is 397 cm³/mol. The molecule has 0 aromatic carbocycles. The maximum Gasteiger partial charge on any atom is 0.306 e. The number of nitrogens with zero attached hydrogens (tertiary/aromatic N) is 1. The number of quaternary nitrogens is 1. The van der Waals surface area contributed by atoms with Crippen LogP contribution in [0.25, 0.3) is 0 Å². The lowest BCUT2D eigenvalue weighted by molar-refractivity contribution is -0.870. The van der Waals surface area contributed by atoms with Crippen molar-refractivity contribution in [3.8, 4) is 0 Å². The van der Waals surface area contributed by atoms with Crippen LogP contribution in [0.5, 0.6) is 0 Å². The summed E-state index contributed by atoms with van der Waals surface area (Å²) in [6.07, 6.45) is 97.7. The zero-order valence-electron chi connectivity index (χ0n) is 61.8. The summed E-state index contributed by atoms with van der Waals surface area (Å²) in [6.45, 7) is 4.28. The van der Waals surface area contributed by atoms with Crippen LogP contribution in [0.1, 0.15) is 399 Å². The summed E-state index contributed by atoms with van der Waals surface area (Å²) in [5.74, 6) is -0.811. The van der Waals surface area contributed by atoms with Crippen molar-refractivity contribution in [1.29, 1.82) is 0 Å². The number of allylic oxidation sites excluding steroid dienone is 10. The van der Waals surface area contributed by atoms with Crippen LogP contribution < -0.4 is 4.89 Å². The molecule has 0 aliphatic rings. The Hall–Kier alpha value is -2.29. The number of rotatable bonds is 75. The largest absolute Gasteiger partial charge is 0.756 e. The van der Waals surface area contributed by atoms with Gasteiger partial charge < -0.3 is 27.9 Å². The van der Waals surface area contributed by atoms with Crippen molar-refractivity contribution in [3.63, 3.8) is 0 Å². The number of esters is 2. The molecule has 0 bridgehead atoms. The normalized spacial score (nSPS) is 13.3. The van der Waals surface area contributed by atoms with Crippen LogP contribution in [0.2, 0.25) is 0 Å². The molecule has 0 saturated carbocycles. The molecule has 10 heteroatoms. The molecule has 0 N–H and O–H groups in total. The van der Waals surface area contributed by atoms with Gasteiger partial charge in [0, 0.05) is 12.8 Å². The average Bonchev–Trinajstić information content (AvgIpc) is 2.14. The molecule has 0 radical (unpaired) electrons. The summed E-state index contributed by atoms with van der Waals surface area (Å²) in [5, 5.41) is 0. The van der Waals surface area contributed by atoms with Crippen LogP contribution in [0, 0.1) is 0 Å². The first-order valence-electron chi connectivity index (χ1n) is 40.0. The summed E-state index contributed by atoms with van der Waals surface area (Å²) in [6, 6.07) is 0. The molecule has 2 atom stereocenters. The first kappa shape index (κ1) is 89.7. The molecule has 0 rings (SSSR count). The molecule has 0 aliphatic heterocycles. The zero-order valence-corrected chi connectivity index (χ0v) is 62.7. The monoisotopic (exact) mass is 1310 g/mol. The second kappa shape index (κ2) is 73.0. The summed E-state index contributed by atoms with van der Waals surface area (Å²) < 4.78 is 34.4. The van der Waals surface area contributed by atoms with Crippen molar-refractivity contribution < 1.29 is 42.1 Å². The molecule has 0 spiro atoms. The molecular formula is C82H154NO8P. The van der Waals surface area contributed by atoms with E-state index in [0.29, 0.717) is 17.4 Å². The molecule has 0 fully saturated rings. The first-order valence-corrected chi connectivity index (χ1v) is 41.5. The van der Waals surface area contributed by atoms with E-state index in [9.17, 15) is 19.0 Å². The Balaban J connectivity index is 3.91. The van der Waals surface area contributed by atoms with E-state index in [-0.39, 0.29) is 32.0 Å². The third kappa shape index (κ3) is 76.7. The van der Waals surface area contributed by atoms with Gasteiger partial charge in [0.2, 0.25) is 0 Å². The minimum absolute atomic E-state index is 0.0288. The number of hydrogen-bond acceptors (Lipinski definition) is 8. The molecule has 540 valence electrons. The van der Waals surface area contributed by atoms with Crippen LogP contribution >= 0.6 is 7.82 Å². The van der Waals surface area contributed by atoms with Crippen LogP contribution in [0.15, 0.2) is 60.8 Å². The van der Waals surface area contributed by atoms with Gasteiger partial charge in [0.15, 0.2) is 6.10 Å². The third-order valence-corrected chi connectivity index (χ3v) is 19.0. The van der Waals surface area contributed by atoms with Gasteiger partial charge in [0.25, 0.3) is 7.82 Å². The molecule has 0 aromatic rings. The summed E-state index contributed by atoms with van der Waals surface area (Å²) in [4.78, 5) is 38.2. The fourth-order valence-corrected chi connectivity index (χ4v) is 12.6. The molecule has 0 heterocycles. The highest BCUT2D eigenvalue weighted by Gasteiger charge is 2.22. The number of likely N-dealkylation sites (N-methyl/N-ethyl adjacent to an activating group) is 1. The van der Waals surface area contributed by atoms with Crippen LogP contribution in [-0.4, -0.2) is 70.0 Å². The van der Waals surface area contributed by atoms with Gasteiger partial charge in [0.05, 0.1) is 27.7 Å². The first-order chi connectivity index (χ1) is 45.0. The lowest BCUT2D eigenvalue weighted by Gasteiger charge is -2.28. The fraction of sp³-hybridized carbons (Fsp3) is 0.854. The van der Waals surface area contributed by atoms with Gasteiger partial charge >= 0.3 is 11.9 Å². The maximum absolute atomic E-state index is 12.9. The molecular weight excluding hydrogens is 1160 g/mol. The highest BCUT2D eigenvalue weighted by Crippen LogP contribution is 2.38. The van der Waals surface area contributed by atoms with E-state index >= 15 is 0 Å². The zero-order chi connectivity index (χ0) is 66.9. The quantitative estimate of drug-likeness (QED) is 0.0195. The van der Waals surface area contributed by atoms with E-state index in [1.54, 1.807) is 0 Å². The molecule has 92 heavy (non-hydrogen) atoms. The number of phosphoric acid groups is 1. The van der Waals surface area contributed by atoms with Crippen molar-refractivity contribution in [1.82, 2.24) is 0 Å². The maximum atomic E-state index is 12.9. The number of carbonyl (C=O) groups excluding carboxylic acids is 2. The Morgan fingerprint density at radius 2 is 0.587 bits per heavy atom. The number of phosphoric ester groups is 1. The number of hydrogen-bond donors (Lipinski definition) is 0. The van der Waals surface area contributed by atoms with Crippen molar-refractivity contribution >= 4 is 19.8 Å². The molecule has 9 nitrogen and oxygen atoms in total. The van der Waals surface area contributed by atoms with Gasteiger partial charge in [-0.3, -0.25) is 14.2 Å². The van der Waals surface area contributed by atoms with Crippen LogP contribution in [-0.2, 0) is 32.7 Å². The summed E-state index contributed by atoms with van der Waals surface area (Å²) >= 11 is 0. The van der Waals surface area contributed by atoms with E-state index < -0.39 is 26.5 Å². The Morgan fingerprint density at radius 3 is 0.870 bits per heavy atom. The van der Waals surface area contributed by atoms with E-state index in [2.05, 4.69) is 74.6 Å². The third-order valence-electron chi connectivity index (χ3n) is 18.0. The second-order valence-corrected chi connectivity index (χ2v) is 29.8. The number of ether oxygens (including phenoxy) is 2. The molecule has 0 amide bonds. The van der Waals surface area contributed by atoms with Crippen molar-refractivity contribution in [2.45, 2.75) is 405 Å². The van der Waals surface area contributed by atoms with Crippen molar-refractivity contribution in [2.75, 3.05) is 47.5 Å². The fourth-order valence-electron chi connectivity index (χ4n) is 11.9. The minimum Gasteiger partial charge on any atom is -0.756 e. The lowest BCUT2D eigenvalue weighted by atomic mass is 10.0. The molecule has 0 aliphatic carbocycles. The van der Waals surface area contributed by atoms with Gasteiger partial charge in [-0.15, -0.1) is 0 Å². The van der Waals surface area contributed by atoms with Gasteiger partial charge in [-0.1, -0.05) is 364 Å². The Bertz CT molecular complexity index is 1740. The van der Waals surface area contributed by atoms with Gasteiger partial charge in [-0.05, 0) is 83.5 Å². The smallest absolute Gasteiger partial charge is 0.306 e. The molecule has 0 saturated heterocycles. The number of carbonyl (C=O) groups is 2. The van der Waals surface area contributed by atoms with Gasteiger partial charge in [-0.25, -0.2) is 0 Å². The Kier molecular flexibility index (Phi) is 71.2. The molecule has 0 aromatic heterocycles. The van der Waals surface area contributed by atoms with Gasteiger partial charge in [0.1, 0.15) is 19.8 Å². The summed E-state index contributed by atoms with van der Waals surface area (Å²) in [5.41, 5.74) is 0. The van der Waals surface area contributed by atoms with Crippen molar-refractivity contribution in [2.24, 2.45) is 0 Å². The van der Waals surface area contributed by atoms with E-state index in [1.807, 2.05) is 21.1 Å². The van der Waals surface area contributed by atoms with Gasteiger partial charge in [-0.2, -0.15) is 0 Å². The number of unbranched alkanes of at least 4 members (excludes halogenated alkanes) is 51. The van der Waals surface area contributed by atoms with E-state index in [0.717, 1.165) is 51.4 Å². The average molecular weight is 1310 g/mol. The topological polar surface area (TPSA) is 111 Å². The molecule has 2 unspecified atom stereocenters. The van der Waals surface area contributed by atoms with E-state index in [1.165, 1.54) is 315 Å². The standard InChI is InChI=1S/C82H154NO8P/c1-6-8-10-12-14-16-18-20-22-24-26-28-30-32-34-36-37-38-39-40-41-42-43-44-45-47-49-51-53-55-57-59-61-63-65-67-69-71-73-75-82(85)91-80(79-90-92(86,87)89-77-76-83(3,4)5)78-88-81(84)74-72-70-68-66-64-62-60-58-56-54-52-50-48-46-35-33-31-29-27-25-23-21-19-17-15-13-11-9-7-2/h18-21,24-27,30,32,80H,6-17,22-23,28-29,31,33-79H2,1-5H3/b20-18-,21-19-,26-24-,27-25-,32-30-. The highest BCUT2D eigenvalue weighted by atomic mass is 31.2. The Morgan fingerprint density at radius 1 is 0.337 bits per heavy atom. The lowest BCUT2D eigenvalue weighted by Crippen LogP contribution is -2.37. The van der Waals surface area contributed by atoms with E-state index in [4.69, 9.17) is 18.5 Å². The second-order valence-electron chi connectivity index (χ2n) is 28.4. The Labute approximate surface area is 572 Å². The SMILES string of the molecule is CCCCCCC/C=C\C/C=C\C/C=C\CCCCCCCCCCCCCCCCCCCCCCCCCCC(=O)OC(COC(=O)CCCCCCCCCCCCCCCCCCC/C=C\C/C=C\CCCCCCC)COP(=O)([O-])OCC[N+](C)(C)C. The van der Waals surface area contributed by atoms with Crippen LogP contribution in [0.4, 0.5) is 0 Å². The highest BCUT2D eigenvalue weighted by molar-refractivity contribution is 7.45. The predicted octanol–water partition coefficient (Wildman–Crippen LogP) is 25.9. The van der Waals surface area contributed by atoms with Crippen LogP contribution in [0.3, 0.4) is 0 Å². The minimum atomic E-state index is -4.64.